The molecule has 0 aliphatic carbocycles. The highest BCUT2D eigenvalue weighted by molar-refractivity contribution is 14.0. The lowest BCUT2D eigenvalue weighted by Gasteiger charge is -2.35. The maximum absolute atomic E-state index is 5.18. The van der Waals surface area contributed by atoms with E-state index in [1.54, 1.807) is 7.11 Å². The number of nitrogens with zero attached hydrogens (tertiary/aromatic N) is 3. The Kier molecular flexibility index (Phi) is 13.7. The Labute approximate surface area is 183 Å². The zero-order valence-corrected chi connectivity index (χ0v) is 20.0. The lowest BCUT2D eigenvalue weighted by atomic mass is 9.97. The second kappa shape index (κ2) is 14.8. The summed E-state index contributed by atoms with van der Waals surface area (Å²) in [5.74, 6) is 1.70. The summed E-state index contributed by atoms with van der Waals surface area (Å²) in [5.41, 5.74) is 0. The second-order valence-corrected chi connectivity index (χ2v) is 7.75. The van der Waals surface area contributed by atoms with Gasteiger partial charge in [-0.3, -0.25) is 9.89 Å². The molecule has 1 atom stereocenters. The summed E-state index contributed by atoms with van der Waals surface area (Å²) >= 11 is 0. The number of hydrogen-bond donors (Lipinski definition) is 2. The van der Waals surface area contributed by atoms with E-state index < -0.39 is 0 Å². The molecule has 2 fully saturated rings. The van der Waals surface area contributed by atoms with E-state index in [1.165, 1.54) is 58.2 Å². The van der Waals surface area contributed by atoms with Crippen molar-refractivity contribution >= 4 is 29.9 Å². The van der Waals surface area contributed by atoms with Gasteiger partial charge in [0.2, 0.25) is 0 Å². The van der Waals surface area contributed by atoms with Crippen molar-refractivity contribution in [1.29, 1.82) is 0 Å². The Hall–Kier alpha value is -0.120. The fraction of sp³-hybridized carbons (Fsp3) is 0.950. The van der Waals surface area contributed by atoms with Gasteiger partial charge in [0.25, 0.3) is 0 Å². The number of hydrogen-bond acceptors (Lipinski definition) is 4. The quantitative estimate of drug-likeness (QED) is 0.292. The molecule has 0 radical (unpaired) electrons. The number of ether oxygens (including phenoxy) is 1. The van der Waals surface area contributed by atoms with Gasteiger partial charge in [-0.2, -0.15) is 0 Å². The van der Waals surface area contributed by atoms with Gasteiger partial charge in [-0.15, -0.1) is 24.0 Å². The molecule has 27 heavy (non-hydrogen) atoms. The second-order valence-electron chi connectivity index (χ2n) is 7.75. The van der Waals surface area contributed by atoms with Crippen LogP contribution in [0.5, 0.6) is 0 Å². The molecule has 1 unspecified atom stereocenters. The van der Waals surface area contributed by atoms with Crippen LogP contribution in [0, 0.1) is 5.92 Å². The largest absolute Gasteiger partial charge is 0.383 e. The molecule has 7 heteroatoms. The standard InChI is InChI=1S/C20H41N5O.HI/c1-4-19-7-5-6-11-25(19)14-10-22-20(21-2)23-17-18-8-12-24(13-9-18)15-16-26-3;/h18-19H,4-17H2,1-3H3,(H2,21,22,23);1H. The molecule has 2 aliphatic heterocycles. The van der Waals surface area contributed by atoms with E-state index in [9.17, 15) is 0 Å². The zero-order chi connectivity index (χ0) is 18.6. The van der Waals surface area contributed by atoms with Crippen LogP contribution in [0.1, 0.15) is 45.4 Å². The molecule has 2 saturated heterocycles. The highest BCUT2D eigenvalue weighted by Crippen LogP contribution is 2.18. The Balaban J connectivity index is 0.00000364. The van der Waals surface area contributed by atoms with E-state index in [2.05, 4.69) is 32.3 Å². The van der Waals surface area contributed by atoms with Crippen LogP contribution in [-0.2, 0) is 4.74 Å². The van der Waals surface area contributed by atoms with Crippen LogP contribution in [0.4, 0.5) is 0 Å². The Morgan fingerprint density at radius 2 is 1.85 bits per heavy atom. The number of piperidine rings is 2. The molecule has 0 aromatic rings. The van der Waals surface area contributed by atoms with Crippen molar-refractivity contribution in [2.24, 2.45) is 10.9 Å². The SMILES string of the molecule is CCC1CCCCN1CCNC(=NC)NCC1CCN(CCOC)CC1.I. The Morgan fingerprint density at radius 1 is 1.07 bits per heavy atom. The van der Waals surface area contributed by atoms with Crippen molar-refractivity contribution in [3.05, 3.63) is 0 Å². The lowest BCUT2D eigenvalue weighted by molar-refractivity contribution is 0.120. The number of rotatable bonds is 9. The summed E-state index contributed by atoms with van der Waals surface area (Å²) in [5, 5.41) is 7.05. The Bertz CT molecular complexity index is 402. The predicted octanol–water partition coefficient (Wildman–Crippen LogP) is 2.39. The van der Waals surface area contributed by atoms with E-state index in [0.29, 0.717) is 0 Å². The first-order chi connectivity index (χ1) is 12.8. The van der Waals surface area contributed by atoms with E-state index in [0.717, 1.165) is 50.7 Å². The Morgan fingerprint density at radius 3 is 2.52 bits per heavy atom. The third-order valence-electron chi connectivity index (χ3n) is 6.01. The van der Waals surface area contributed by atoms with Crippen molar-refractivity contribution < 1.29 is 4.74 Å². The van der Waals surface area contributed by atoms with E-state index in [1.807, 2.05) is 7.05 Å². The van der Waals surface area contributed by atoms with Crippen LogP contribution < -0.4 is 10.6 Å². The molecule has 0 aromatic carbocycles. The molecule has 2 heterocycles. The summed E-state index contributed by atoms with van der Waals surface area (Å²) in [6.07, 6.45) is 7.92. The molecular weight excluding hydrogens is 453 g/mol. The average molecular weight is 495 g/mol. The normalized spacial score (nSPS) is 23.1. The van der Waals surface area contributed by atoms with E-state index >= 15 is 0 Å². The van der Waals surface area contributed by atoms with Crippen LogP contribution in [0.25, 0.3) is 0 Å². The van der Waals surface area contributed by atoms with Gasteiger partial charge in [0.15, 0.2) is 5.96 Å². The number of methoxy groups -OCH3 is 1. The maximum Gasteiger partial charge on any atom is 0.191 e. The van der Waals surface area contributed by atoms with Gasteiger partial charge < -0.3 is 20.3 Å². The van der Waals surface area contributed by atoms with Gasteiger partial charge in [-0.25, -0.2) is 0 Å². The molecule has 6 nitrogen and oxygen atoms in total. The monoisotopic (exact) mass is 495 g/mol. The lowest BCUT2D eigenvalue weighted by Crippen LogP contribution is -2.47. The van der Waals surface area contributed by atoms with Crippen LogP contribution >= 0.6 is 24.0 Å². The van der Waals surface area contributed by atoms with Crippen LogP contribution in [0.3, 0.4) is 0 Å². The zero-order valence-electron chi connectivity index (χ0n) is 17.7. The summed E-state index contributed by atoms with van der Waals surface area (Å²) in [7, 11) is 3.65. The third kappa shape index (κ3) is 9.28. The van der Waals surface area contributed by atoms with Crippen LogP contribution in [0.15, 0.2) is 4.99 Å². The fourth-order valence-electron chi connectivity index (χ4n) is 4.23. The minimum atomic E-state index is 0. The molecule has 0 bridgehead atoms. The number of guanidine groups is 1. The molecule has 0 aromatic heterocycles. The highest BCUT2D eigenvalue weighted by atomic mass is 127. The molecule has 2 aliphatic rings. The minimum Gasteiger partial charge on any atom is -0.383 e. The number of halogens is 1. The smallest absolute Gasteiger partial charge is 0.191 e. The van der Waals surface area contributed by atoms with Crippen molar-refractivity contribution in [1.82, 2.24) is 20.4 Å². The van der Waals surface area contributed by atoms with Gasteiger partial charge in [-0.1, -0.05) is 13.3 Å². The van der Waals surface area contributed by atoms with Gasteiger partial charge in [0.1, 0.15) is 0 Å². The van der Waals surface area contributed by atoms with Gasteiger partial charge in [0, 0.05) is 46.4 Å². The first kappa shape index (κ1) is 24.9. The molecule has 2 N–H and O–H groups in total. The van der Waals surface area contributed by atoms with Gasteiger partial charge >= 0.3 is 0 Å². The predicted molar refractivity (Wildman–Crippen MR) is 125 cm³/mol. The highest BCUT2D eigenvalue weighted by Gasteiger charge is 2.21. The number of nitrogens with one attached hydrogen (secondary N) is 2. The first-order valence-electron chi connectivity index (χ1n) is 10.7. The fourth-order valence-corrected chi connectivity index (χ4v) is 4.23. The summed E-state index contributed by atoms with van der Waals surface area (Å²) in [6.45, 7) is 11.0. The molecule has 160 valence electrons. The summed E-state index contributed by atoms with van der Waals surface area (Å²) in [4.78, 5) is 9.56. The van der Waals surface area contributed by atoms with Crippen LogP contribution in [0.2, 0.25) is 0 Å². The van der Waals surface area contributed by atoms with Gasteiger partial charge in [-0.05, 0) is 57.7 Å². The average Bonchev–Trinajstić information content (AvgIpc) is 2.70. The van der Waals surface area contributed by atoms with Crippen LogP contribution in [-0.4, -0.2) is 88.4 Å². The van der Waals surface area contributed by atoms with Crippen molar-refractivity contribution in [3.63, 3.8) is 0 Å². The van der Waals surface area contributed by atoms with Crippen molar-refractivity contribution in [3.8, 4) is 0 Å². The minimum absolute atomic E-state index is 0. The third-order valence-corrected chi connectivity index (χ3v) is 6.01. The molecular formula is C20H42IN5O. The molecule has 0 amide bonds. The van der Waals surface area contributed by atoms with Crippen molar-refractivity contribution in [2.45, 2.75) is 51.5 Å². The first-order valence-corrected chi connectivity index (χ1v) is 10.7. The molecule has 0 saturated carbocycles. The van der Waals surface area contributed by atoms with E-state index in [-0.39, 0.29) is 24.0 Å². The summed E-state index contributed by atoms with van der Waals surface area (Å²) < 4.78 is 5.18. The van der Waals surface area contributed by atoms with Crippen molar-refractivity contribution in [2.75, 3.05) is 66.6 Å². The van der Waals surface area contributed by atoms with Gasteiger partial charge in [0.05, 0.1) is 6.61 Å². The topological polar surface area (TPSA) is 52.1 Å². The van der Waals surface area contributed by atoms with E-state index in [4.69, 9.17) is 4.74 Å². The summed E-state index contributed by atoms with van der Waals surface area (Å²) in [6, 6.07) is 0.781. The molecule has 0 spiro atoms. The molecule has 2 rings (SSSR count). The maximum atomic E-state index is 5.18. The number of aliphatic imine (C=N–C) groups is 1. The number of likely N-dealkylation sites (tertiary alicyclic amines) is 2.